The quantitative estimate of drug-likeness (QED) is 0.645. The Hall–Kier alpha value is -2.23. The van der Waals surface area contributed by atoms with E-state index in [1.807, 2.05) is 47.1 Å². The molecule has 168 valence electrons. The zero-order valence-corrected chi connectivity index (χ0v) is 19.1. The number of carbonyl (C=O) groups excluding carboxylic acids is 1. The van der Waals surface area contributed by atoms with Gasteiger partial charge in [-0.25, -0.2) is 4.98 Å². The summed E-state index contributed by atoms with van der Waals surface area (Å²) in [6.07, 6.45) is 4.55. The monoisotopic (exact) mass is 446 g/mol. The lowest BCUT2D eigenvalue weighted by Crippen LogP contribution is -2.49. The van der Waals surface area contributed by atoms with Crippen LogP contribution in [0.15, 0.2) is 35.7 Å². The highest BCUT2D eigenvalue weighted by Crippen LogP contribution is 2.37. The minimum Gasteiger partial charge on any atom is -0.493 e. The topological polar surface area (TPSA) is 69.1 Å². The van der Waals surface area contributed by atoms with Crippen LogP contribution in [-0.4, -0.2) is 83.6 Å². The van der Waals surface area contributed by atoms with Gasteiger partial charge in [0.25, 0.3) is 0 Å². The maximum Gasteiger partial charge on any atom is 0.240 e. The molecule has 8 nitrogen and oxygen atoms in total. The molecule has 2 fully saturated rings. The predicted octanol–water partition coefficient (Wildman–Crippen LogP) is 2.03. The minimum absolute atomic E-state index is 0.174. The summed E-state index contributed by atoms with van der Waals surface area (Å²) in [5.41, 5.74) is 1.02. The van der Waals surface area contributed by atoms with Gasteiger partial charge in [-0.1, -0.05) is 23.9 Å². The Bertz CT molecular complexity index is 899. The summed E-state index contributed by atoms with van der Waals surface area (Å²) in [5.74, 6) is 1.62. The van der Waals surface area contributed by atoms with Gasteiger partial charge in [-0.15, -0.1) is 0 Å². The number of para-hydroxylation sites is 1. The number of aryl methyl sites for hydroxylation is 1. The number of methoxy groups -OCH3 is 2. The molecule has 1 aromatic heterocycles. The van der Waals surface area contributed by atoms with Crippen molar-refractivity contribution in [2.24, 2.45) is 7.05 Å². The molecule has 0 aliphatic carbocycles. The third-order valence-corrected chi connectivity index (χ3v) is 7.16. The zero-order chi connectivity index (χ0) is 21.8. The molecular weight excluding hydrogens is 416 g/mol. The SMILES string of the molecule is COc1cccc(CN2C[C@H](Sc3nccn3C)C[C@H]2C(=O)N2CCOCC2)c1OC. The maximum absolute atomic E-state index is 13.4. The van der Waals surface area contributed by atoms with E-state index in [1.54, 1.807) is 26.0 Å². The van der Waals surface area contributed by atoms with Crippen LogP contribution in [0.3, 0.4) is 0 Å². The summed E-state index contributed by atoms with van der Waals surface area (Å²) in [6, 6.07) is 5.72. The second kappa shape index (κ2) is 9.93. The molecule has 2 aliphatic rings. The molecule has 2 atom stereocenters. The molecule has 0 N–H and O–H groups in total. The predicted molar refractivity (Wildman–Crippen MR) is 119 cm³/mol. The molecule has 9 heteroatoms. The number of rotatable bonds is 7. The van der Waals surface area contributed by atoms with Gasteiger partial charge in [-0.2, -0.15) is 0 Å². The first-order valence-corrected chi connectivity index (χ1v) is 11.4. The number of hydrogen-bond donors (Lipinski definition) is 0. The molecule has 0 spiro atoms. The lowest BCUT2D eigenvalue weighted by molar-refractivity contribution is -0.140. The van der Waals surface area contributed by atoms with Crippen molar-refractivity contribution in [1.82, 2.24) is 19.4 Å². The average molecular weight is 447 g/mol. The van der Waals surface area contributed by atoms with E-state index in [0.717, 1.165) is 29.4 Å². The van der Waals surface area contributed by atoms with Crippen LogP contribution < -0.4 is 9.47 Å². The number of carbonyl (C=O) groups is 1. The van der Waals surface area contributed by atoms with E-state index in [4.69, 9.17) is 14.2 Å². The molecule has 0 bridgehead atoms. The van der Waals surface area contributed by atoms with Gasteiger partial charge < -0.3 is 23.7 Å². The number of amides is 1. The fourth-order valence-electron chi connectivity index (χ4n) is 4.28. The van der Waals surface area contributed by atoms with Crippen LogP contribution >= 0.6 is 11.8 Å². The van der Waals surface area contributed by atoms with Crippen LogP contribution in [0.4, 0.5) is 0 Å². The van der Waals surface area contributed by atoms with Gasteiger partial charge in [-0.3, -0.25) is 9.69 Å². The van der Waals surface area contributed by atoms with Crippen LogP contribution in [0.5, 0.6) is 11.5 Å². The summed E-state index contributed by atoms with van der Waals surface area (Å²) in [7, 11) is 5.29. The number of hydrogen-bond acceptors (Lipinski definition) is 7. The largest absolute Gasteiger partial charge is 0.493 e. The fraction of sp³-hybridized carbons (Fsp3) is 0.545. The van der Waals surface area contributed by atoms with Crippen LogP contribution in [0.1, 0.15) is 12.0 Å². The normalized spacial score (nSPS) is 22.0. The Labute approximate surface area is 187 Å². The summed E-state index contributed by atoms with van der Waals surface area (Å²) in [5, 5.41) is 1.26. The van der Waals surface area contributed by atoms with E-state index in [1.165, 1.54) is 0 Å². The van der Waals surface area contributed by atoms with Crippen molar-refractivity contribution in [3.63, 3.8) is 0 Å². The molecule has 0 unspecified atom stereocenters. The van der Waals surface area contributed by atoms with Crippen LogP contribution in [0.2, 0.25) is 0 Å². The van der Waals surface area contributed by atoms with E-state index in [9.17, 15) is 4.79 Å². The van der Waals surface area contributed by atoms with E-state index >= 15 is 0 Å². The number of nitrogens with zero attached hydrogens (tertiary/aromatic N) is 4. The van der Waals surface area contributed by atoms with Crippen molar-refractivity contribution in [3.05, 3.63) is 36.2 Å². The van der Waals surface area contributed by atoms with Crippen molar-refractivity contribution >= 4 is 17.7 Å². The van der Waals surface area contributed by atoms with Crippen LogP contribution in [0, 0.1) is 0 Å². The summed E-state index contributed by atoms with van der Waals surface area (Å²) in [6.45, 7) is 3.95. The van der Waals surface area contributed by atoms with Crippen molar-refractivity contribution in [2.45, 2.75) is 29.4 Å². The molecule has 2 saturated heterocycles. The zero-order valence-electron chi connectivity index (χ0n) is 18.3. The summed E-state index contributed by atoms with van der Waals surface area (Å²) in [4.78, 5) is 22.1. The van der Waals surface area contributed by atoms with E-state index in [2.05, 4.69) is 9.88 Å². The molecule has 2 aromatic rings. The number of ether oxygens (including phenoxy) is 3. The van der Waals surface area contributed by atoms with Gasteiger partial charge in [-0.05, 0) is 12.5 Å². The Morgan fingerprint density at radius 1 is 1.26 bits per heavy atom. The fourth-order valence-corrected chi connectivity index (χ4v) is 5.48. The first-order chi connectivity index (χ1) is 15.1. The molecular formula is C22H30N4O4S. The number of likely N-dealkylation sites (tertiary alicyclic amines) is 1. The molecule has 4 rings (SSSR count). The van der Waals surface area contributed by atoms with Gasteiger partial charge >= 0.3 is 0 Å². The lowest BCUT2D eigenvalue weighted by Gasteiger charge is -2.32. The number of aromatic nitrogens is 2. The Morgan fingerprint density at radius 2 is 2.06 bits per heavy atom. The first-order valence-electron chi connectivity index (χ1n) is 10.5. The molecule has 0 saturated carbocycles. The van der Waals surface area contributed by atoms with E-state index < -0.39 is 0 Å². The second-order valence-corrected chi connectivity index (χ2v) is 9.10. The molecule has 31 heavy (non-hydrogen) atoms. The Morgan fingerprint density at radius 3 is 2.74 bits per heavy atom. The highest BCUT2D eigenvalue weighted by atomic mass is 32.2. The maximum atomic E-state index is 13.4. The van der Waals surface area contributed by atoms with Crippen molar-refractivity contribution in [3.8, 4) is 11.5 Å². The van der Waals surface area contributed by atoms with Crippen LogP contribution in [0.25, 0.3) is 0 Å². The third-order valence-electron chi connectivity index (χ3n) is 5.88. The lowest BCUT2D eigenvalue weighted by atomic mass is 10.1. The van der Waals surface area contributed by atoms with Crippen molar-refractivity contribution in [1.29, 1.82) is 0 Å². The number of morpholine rings is 1. The summed E-state index contributed by atoms with van der Waals surface area (Å²) >= 11 is 1.74. The summed E-state index contributed by atoms with van der Waals surface area (Å²) < 4.78 is 18.6. The molecule has 0 radical (unpaired) electrons. The molecule has 3 heterocycles. The molecule has 1 amide bonds. The smallest absolute Gasteiger partial charge is 0.240 e. The van der Waals surface area contributed by atoms with Gasteiger partial charge in [0.05, 0.1) is 33.5 Å². The van der Waals surface area contributed by atoms with Crippen LogP contribution in [-0.2, 0) is 23.1 Å². The Kier molecular flexibility index (Phi) is 7.04. The van der Waals surface area contributed by atoms with E-state index in [0.29, 0.717) is 38.6 Å². The van der Waals surface area contributed by atoms with Gasteiger partial charge in [0.15, 0.2) is 16.7 Å². The van der Waals surface area contributed by atoms with Gasteiger partial charge in [0.2, 0.25) is 5.91 Å². The number of imidazole rings is 1. The third kappa shape index (κ3) is 4.83. The van der Waals surface area contributed by atoms with Gasteiger partial charge in [0.1, 0.15) is 0 Å². The minimum atomic E-state index is -0.174. The average Bonchev–Trinajstić information content (AvgIpc) is 3.39. The van der Waals surface area contributed by atoms with E-state index in [-0.39, 0.29) is 17.2 Å². The van der Waals surface area contributed by atoms with Crippen molar-refractivity contribution < 1.29 is 19.0 Å². The second-order valence-electron chi connectivity index (χ2n) is 7.83. The number of benzene rings is 1. The van der Waals surface area contributed by atoms with Gasteiger partial charge in [0, 0.05) is 56.4 Å². The molecule has 2 aliphatic heterocycles. The standard InChI is InChI=1S/C22H30N4O4S/c1-24-8-7-23-22(24)31-17-13-18(21(27)25-9-11-30-12-10-25)26(15-17)14-16-5-4-6-19(28-2)20(16)29-3/h4-8,17-18H,9-15H2,1-3H3/t17-,18+/m1/s1. The van der Waals surface area contributed by atoms with Crippen molar-refractivity contribution in [2.75, 3.05) is 47.1 Å². The number of thioether (sulfide) groups is 1. The highest BCUT2D eigenvalue weighted by Gasteiger charge is 2.40. The Balaban J connectivity index is 1.56. The molecule has 1 aromatic carbocycles. The first kappa shape index (κ1) is 22.0. The highest BCUT2D eigenvalue weighted by molar-refractivity contribution is 7.99.